The number of carbonyl (C=O) groups is 3. The SMILES string of the molecule is O=C(CC1C(=O)Nc2ccccc2N1C(=O)COc1ccc(Cl)cc1)Nc1ccc(Cl)cc1. The van der Waals surface area contributed by atoms with E-state index in [1.807, 2.05) is 0 Å². The molecule has 0 spiro atoms. The van der Waals surface area contributed by atoms with Crippen LogP contribution in [0, 0.1) is 0 Å². The van der Waals surface area contributed by atoms with Crippen molar-refractivity contribution in [1.82, 2.24) is 0 Å². The van der Waals surface area contributed by atoms with Gasteiger partial charge < -0.3 is 15.4 Å². The lowest BCUT2D eigenvalue weighted by molar-refractivity contribution is -0.127. The van der Waals surface area contributed by atoms with E-state index in [9.17, 15) is 14.4 Å². The lowest BCUT2D eigenvalue weighted by atomic mass is 10.0. The monoisotopic (exact) mass is 483 g/mol. The number of benzene rings is 3. The number of nitrogens with zero attached hydrogens (tertiary/aromatic N) is 1. The Morgan fingerprint density at radius 2 is 1.58 bits per heavy atom. The van der Waals surface area contributed by atoms with E-state index in [1.165, 1.54) is 4.90 Å². The molecule has 0 fully saturated rings. The number of hydrogen-bond acceptors (Lipinski definition) is 4. The summed E-state index contributed by atoms with van der Waals surface area (Å²) in [6, 6.07) is 19.0. The number of nitrogens with one attached hydrogen (secondary N) is 2. The fourth-order valence-corrected chi connectivity index (χ4v) is 3.70. The zero-order valence-electron chi connectivity index (χ0n) is 17.3. The number of hydrogen-bond donors (Lipinski definition) is 2. The van der Waals surface area contributed by atoms with Crippen LogP contribution in [0.15, 0.2) is 72.8 Å². The summed E-state index contributed by atoms with van der Waals surface area (Å²) < 4.78 is 5.59. The Kier molecular flexibility index (Phi) is 6.82. The average molecular weight is 484 g/mol. The second-order valence-electron chi connectivity index (χ2n) is 7.29. The first-order valence-corrected chi connectivity index (χ1v) is 10.8. The zero-order chi connectivity index (χ0) is 23.4. The molecule has 9 heteroatoms. The van der Waals surface area contributed by atoms with Crippen LogP contribution in [0.1, 0.15) is 6.42 Å². The van der Waals surface area contributed by atoms with Gasteiger partial charge in [-0.05, 0) is 60.7 Å². The normalized spacial score (nSPS) is 14.8. The van der Waals surface area contributed by atoms with Gasteiger partial charge >= 0.3 is 0 Å². The Balaban J connectivity index is 1.53. The van der Waals surface area contributed by atoms with Gasteiger partial charge in [0, 0.05) is 15.7 Å². The molecule has 0 aromatic heterocycles. The van der Waals surface area contributed by atoms with Gasteiger partial charge in [0.2, 0.25) is 11.8 Å². The Morgan fingerprint density at radius 3 is 2.27 bits per heavy atom. The summed E-state index contributed by atoms with van der Waals surface area (Å²) in [5.41, 5.74) is 1.51. The van der Waals surface area contributed by atoms with Crippen LogP contribution in [0.2, 0.25) is 10.0 Å². The summed E-state index contributed by atoms with van der Waals surface area (Å²) in [5.74, 6) is -0.885. The molecule has 0 radical (unpaired) electrons. The van der Waals surface area contributed by atoms with Gasteiger partial charge in [0.1, 0.15) is 11.8 Å². The number of anilines is 3. The highest BCUT2D eigenvalue weighted by molar-refractivity contribution is 6.30. The van der Waals surface area contributed by atoms with E-state index in [0.29, 0.717) is 32.9 Å². The largest absolute Gasteiger partial charge is 0.484 e. The van der Waals surface area contributed by atoms with E-state index < -0.39 is 23.8 Å². The number of para-hydroxylation sites is 2. The molecule has 33 heavy (non-hydrogen) atoms. The summed E-state index contributed by atoms with van der Waals surface area (Å²) in [6.45, 7) is -0.321. The van der Waals surface area contributed by atoms with E-state index in [-0.39, 0.29) is 13.0 Å². The molecule has 7 nitrogen and oxygen atoms in total. The van der Waals surface area contributed by atoms with Gasteiger partial charge in [-0.3, -0.25) is 19.3 Å². The molecule has 0 aliphatic carbocycles. The average Bonchev–Trinajstić information content (AvgIpc) is 2.80. The molecular weight excluding hydrogens is 465 g/mol. The molecule has 1 heterocycles. The van der Waals surface area contributed by atoms with Crippen molar-refractivity contribution < 1.29 is 19.1 Å². The minimum Gasteiger partial charge on any atom is -0.484 e. The van der Waals surface area contributed by atoms with Crippen molar-refractivity contribution in [3.8, 4) is 5.75 Å². The highest BCUT2D eigenvalue weighted by atomic mass is 35.5. The molecule has 0 saturated heterocycles. The smallest absolute Gasteiger partial charge is 0.265 e. The zero-order valence-corrected chi connectivity index (χ0v) is 18.8. The molecular formula is C24H19Cl2N3O4. The first kappa shape index (κ1) is 22.6. The van der Waals surface area contributed by atoms with Crippen molar-refractivity contribution in [2.24, 2.45) is 0 Å². The Hall–Kier alpha value is -3.55. The van der Waals surface area contributed by atoms with Gasteiger partial charge in [0.15, 0.2) is 6.61 Å². The van der Waals surface area contributed by atoms with Crippen LogP contribution in [0.25, 0.3) is 0 Å². The molecule has 1 aliphatic heterocycles. The van der Waals surface area contributed by atoms with E-state index in [0.717, 1.165) is 0 Å². The lowest BCUT2D eigenvalue weighted by Crippen LogP contribution is -2.53. The summed E-state index contributed by atoms with van der Waals surface area (Å²) >= 11 is 11.8. The van der Waals surface area contributed by atoms with Crippen LogP contribution in [0.4, 0.5) is 17.1 Å². The number of rotatable bonds is 6. The summed E-state index contributed by atoms with van der Waals surface area (Å²) in [7, 11) is 0. The van der Waals surface area contributed by atoms with E-state index >= 15 is 0 Å². The maximum atomic E-state index is 13.2. The lowest BCUT2D eigenvalue weighted by Gasteiger charge is -2.36. The number of amides is 3. The minimum atomic E-state index is -1.05. The second-order valence-corrected chi connectivity index (χ2v) is 8.16. The third kappa shape index (κ3) is 5.45. The van der Waals surface area contributed by atoms with Gasteiger partial charge in [-0.15, -0.1) is 0 Å². The summed E-state index contributed by atoms with van der Waals surface area (Å²) in [6.07, 6.45) is -0.241. The Bertz CT molecular complexity index is 1180. The number of carbonyl (C=O) groups excluding carboxylic acids is 3. The third-order valence-electron chi connectivity index (χ3n) is 4.99. The van der Waals surface area contributed by atoms with Crippen LogP contribution in [-0.4, -0.2) is 30.4 Å². The van der Waals surface area contributed by atoms with Crippen molar-refractivity contribution in [2.75, 3.05) is 22.1 Å². The maximum Gasteiger partial charge on any atom is 0.265 e. The highest BCUT2D eigenvalue weighted by Crippen LogP contribution is 2.33. The van der Waals surface area contributed by atoms with E-state index in [1.54, 1.807) is 72.8 Å². The molecule has 3 aromatic rings. The molecule has 4 rings (SSSR count). The third-order valence-corrected chi connectivity index (χ3v) is 5.49. The fraction of sp³-hybridized carbons (Fsp3) is 0.125. The molecule has 3 amide bonds. The molecule has 0 saturated carbocycles. The van der Waals surface area contributed by atoms with Crippen molar-refractivity contribution in [3.05, 3.63) is 82.8 Å². The van der Waals surface area contributed by atoms with Crippen LogP contribution in [0.3, 0.4) is 0 Å². The first-order valence-electron chi connectivity index (χ1n) is 10.1. The highest BCUT2D eigenvalue weighted by Gasteiger charge is 2.38. The predicted octanol–water partition coefficient (Wildman–Crippen LogP) is 4.75. The fourth-order valence-electron chi connectivity index (χ4n) is 3.45. The Morgan fingerprint density at radius 1 is 0.939 bits per heavy atom. The standard InChI is InChI=1S/C24H19Cl2N3O4/c25-15-5-9-17(10-6-15)27-22(30)13-21-24(32)28-19-3-1-2-4-20(19)29(21)23(31)14-33-18-11-7-16(26)8-12-18/h1-12,21H,13-14H2,(H,27,30)(H,28,32). The van der Waals surface area contributed by atoms with E-state index in [2.05, 4.69) is 10.6 Å². The van der Waals surface area contributed by atoms with Crippen molar-refractivity contribution in [1.29, 1.82) is 0 Å². The van der Waals surface area contributed by atoms with Crippen LogP contribution in [0.5, 0.6) is 5.75 Å². The quantitative estimate of drug-likeness (QED) is 0.529. The minimum absolute atomic E-state index is 0.241. The Labute approximate surface area is 200 Å². The molecule has 168 valence electrons. The van der Waals surface area contributed by atoms with Crippen LogP contribution < -0.4 is 20.3 Å². The molecule has 1 atom stereocenters. The van der Waals surface area contributed by atoms with Crippen LogP contribution >= 0.6 is 23.2 Å². The van der Waals surface area contributed by atoms with Gasteiger partial charge in [-0.25, -0.2) is 0 Å². The predicted molar refractivity (Wildman–Crippen MR) is 128 cm³/mol. The van der Waals surface area contributed by atoms with Gasteiger partial charge in [-0.2, -0.15) is 0 Å². The van der Waals surface area contributed by atoms with Crippen molar-refractivity contribution in [3.63, 3.8) is 0 Å². The maximum absolute atomic E-state index is 13.2. The first-order chi connectivity index (χ1) is 15.9. The number of ether oxygens (including phenoxy) is 1. The molecule has 1 aliphatic rings. The molecule has 2 N–H and O–H groups in total. The van der Waals surface area contributed by atoms with E-state index in [4.69, 9.17) is 27.9 Å². The summed E-state index contributed by atoms with van der Waals surface area (Å²) in [5, 5.41) is 6.57. The van der Waals surface area contributed by atoms with Crippen LogP contribution in [-0.2, 0) is 14.4 Å². The van der Waals surface area contributed by atoms with Gasteiger partial charge in [0.25, 0.3) is 5.91 Å². The molecule has 1 unspecified atom stereocenters. The van der Waals surface area contributed by atoms with Crippen molar-refractivity contribution in [2.45, 2.75) is 12.5 Å². The van der Waals surface area contributed by atoms with Gasteiger partial charge in [0.05, 0.1) is 17.8 Å². The number of halogens is 2. The topological polar surface area (TPSA) is 87.7 Å². The number of fused-ring (bicyclic) bond motifs is 1. The van der Waals surface area contributed by atoms with Gasteiger partial charge in [-0.1, -0.05) is 35.3 Å². The summed E-state index contributed by atoms with van der Waals surface area (Å²) in [4.78, 5) is 40.0. The molecule has 0 bridgehead atoms. The molecule has 3 aromatic carbocycles. The van der Waals surface area contributed by atoms with Crippen molar-refractivity contribution >= 4 is 58.0 Å². The second kappa shape index (κ2) is 9.94.